The van der Waals surface area contributed by atoms with Gasteiger partial charge in [0, 0.05) is 38.7 Å². The molecule has 0 radical (unpaired) electrons. The Morgan fingerprint density at radius 2 is 1.97 bits per heavy atom. The predicted molar refractivity (Wildman–Crippen MR) is 114 cm³/mol. The Kier molecular flexibility index (Phi) is 5.02. The summed E-state index contributed by atoms with van der Waals surface area (Å²) in [5, 5.41) is 8.60. The Balaban J connectivity index is 1.59. The van der Waals surface area contributed by atoms with Crippen LogP contribution >= 0.6 is 0 Å². The van der Waals surface area contributed by atoms with Gasteiger partial charge in [0.25, 0.3) is 0 Å². The van der Waals surface area contributed by atoms with E-state index in [0.717, 1.165) is 73.3 Å². The number of anilines is 1. The van der Waals surface area contributed by atoms with Crippen LogP contribution in [0.25, 0.3) is 22.3 Å². The standard InChI is InChI=1S/C22H28N6O2/c1-26-23-14-19(25-26)15-6-11-20-18(13-15)24-22(27-12-4-3-5-21(27)29)28(20)16-7-9-17(30-2)10-8-16/h6,11,13-14,16-17H,3-5,7-10,12H2,1-2H3. The molecule has 2 aromatic heterocycles. The maximum Gasteiger partial charge on any atom is 0.229 e. The van der Waals surface area contributed by atoms with Gasteiger partial charge in [-0.15, -0.1) is 0 Å². The Morgan fingerprint density at radius 3 is 2.67 bits per heavy atom. The number of amides is 1. The highest BCUT2D eigenvalue weighted by molar-refractivity contribution is 5.95. The molecular formula is C22H28N6O2. The van der Waals surface area contributed by atoms with Crippen LogP contribution in [-0.2, 0) is 16.6 Å². The van der Waals surface area contributed by atoms with Gasteiger partial charge in [0.1, 0.15) is 5.69 Å². The van der Waals surface area contributed by atoms with E-state index in [0.29, 0.717) is 18.6 Å². The number of ether oxygens (including phenoxy) is 1. The third kappa shape index (κ3) is 3.39. The molecule has 30 heavy (non-hydrogen) atoms. The van der Waals surface area contributed by atoms with Gasteiger partial charge in [-0.2, -0.15) is 15.0 Å². The van der Waals surface area contributed by atoms with Gasteiger partial charge < -0.3 is 9.30 Å². The third-order valence-electron chi connectivity index (χ3n) is 6.47. The lowest BCUT2D eigenvalue weighted by Gasteiger charge is -2.33. The molecule has 1 aromatic carbocycles. The number of methoxy groups -OCH3 is 1. The van der Waals surface area contributed by atoms with Crippen LogP contribution in [0.5, 0.6) is 0 Å². The molecule has 2 aliphatic rings. The molecule has 158 valence electrons. The number of fused-ring (bicyclic) bond motifs is 1. The van der Waals surface area contributed by atoms with Crippen LogP contribution in [0.1, 0.15) is 51.0 Å². The monoisotopic (exact) mass is 408 g/mol. The van der Waals surface area contributed by atoms with Crippen LogP contribution in [-0.4, -0.2) is 50.2 Å². The number of hydrogen-bond acceptors (Lipinski definition) is 5. The van der Waals surface area contributed by atoms with Crippen LogP contribution in [0, 0.1) is 0 Å². The second-order valence-corrected chi connectivity index (χ2v) is 8.37. The zero-order valence-electron chi connectivity index (χ0n) is 17.6. The van der Waals surface area contributed by atoms with Crippen LogP contribution in [0.15, 0.2) is 24.4 Å². The Bertz CT molecular complexity index is 1060. The summed E-state index contributed by atoms with van der Waals surface area (Å²) in [6.45, 7) is 0.743. The number of piperidine rings is 1. The topological polar surface area (TPSA) is 78.1 Å². The fourth-order valence-corrected chi connectivity index (χ4v) is 4.83. The summed E-state index contributed by atoms with van der Waals surface area (Å²) < 4.78 is 7.88. The lowest BCUT2D eigenvalue weighted by molar-refractivity contribution is -0.119. The van der Waals surface area contributed by atoms with Crippen molar-refractivity contribution < 1.29 is 9.53 Å². The maximum atomic E-state index is 12.7. The number of imidazole rings is 1. The summed E-state index contributed by atoms with van der Waals surface area (Å²) in [5.74, 6) is 0.976. The molecular weight excluding hydrogens is 380 g/mol. The third-order valence-corrected chi connectivity index (χ3v) is 6.47. The van der Waals surface area contributed by atoms with Gasteiger partial charge in [-0.25, -0.2) is 4.98 Å². The lowest BCUT2D eigenvalue weighted by Crippen LogP contribution is -2.38. The normalized spacial score (nSPS) is 22.7. The Labute approximate surface area is 175 Å². The van der Waals surface area contributed by atoms with Crippen LogP contribution in [0.4, 0.5) is 5.95 Å². The predicted octanol–water partition coefficient (Wildman–Crippen LogP) is 3.48. The number of aromatic nitrogens is 5. The van der Waals surface area contributed by atoms with E-state index in [-0.39, 0.29) is 5.91 Å². The zero-order valence-corrected chi connectivity index (χ0v) is 17.6. The molecule has 0 unspecified atom stereocenters. The first-order chi connectivity index (χ1) is 14.6. The smallest absolute Gasteiger partial charge is 0.229 e. The van der Waals surface area contributed by atoms with Crippen LogP contribution < -0.4 is 4.90 Å². The van der Waals surface area contributed by atoms with Crippen molar-refractivity contribution in [3.05, 3.63) is 24.4 Å². The van der Waals surface area contributed by atoms with Crippen molar-refractivity contribution in [1.29, 1.82) is 0 Å². The summed E-state index contributed by atoms with van der Waals surface area (Å²) in [5.41, 5.74) is 3.79. The van der Waals surface area contributed by atoms with Crippen molar-refractivity contribution in [3.63, 3.8) is 0 Å². The highest BCUT2D eigenvalue weighted by Crippen LogP contribution is 2.38. The van der Waals surface area contributed by atoms with Gasteiger partial charge in [-0.05, 0) is 50.7 Å². The van der Waals surface area contributed by atoms with Gasteiger partial charge in [0.15, 0.2) is 0 Å². The van der Waals surface area contributed by atoms with Gasteiger partial charge >= 0.3 is 0 Å². The minimum Gasteiger partial charge on any atom is -0.381 e. The largest absolute Gasteiger partial charge is 0.381 e. The molecule has 1 aliphatic carbocycles. The minimum atomic E-state index is 0.178. The first kappa shape index (κ1) is 19.2. The summed E-state index contributed by atoms with van der Waals surface area (Å²) in [6.07, 6.45) is 8.82. The molecule has 0 spiro atoms. The fourth-order valence-electron chi connectivity index (χ4n) is 4.83. The molecule has 1 amide bonds. The molecule has 3 heterocycles. The summed E-state index contributed by atoms with van der Waals surface area (Å²) in [6, 6.07) is 6.59. The highest BCUT2D eigenvalue weighted by Gasteiger charge is 2.30. The van der Waals surface area contributed by atoms with E-state index in [1.54, 1.807) is 18.1 Å². The molecule has 8 heteroatoms. The number of benzene rings is 1. The average Bonchev–Trinajstić information content (AvgIpc) is 3.37. The van der Waals surface area contributed by atoms with Crippen molar-refractivity contribution in [2.45, 2.75) is 57.1 Å². The second-order valence-electron chi connectivity index (χ2n) is 8.37. The molecule has 8 nitrogen and oxygen atoms in total. The number of carbonyl (C=O) groups is 1. The number of nitrogens with zero attached hydrogens (tertiary/aromatic N) is 6. The molecule has 0 atom stereocenters. The van der Waals surface area contributed by atoms with Crippen molar-refractivity contribution in [2.24, 2.45) is 7.05 Å². The first-order valence-electron chi connectivity index (χ1n) is 10.9. The molecule has 5 rings (SSSR count). The van der Waals surface area contributed by atoms with Gasteiger partial charge in [-0.1, -0.05) is 6.07 Å². The molecule has 1 aliphatic heterocycles. The van der Waals surface area contributed by atoms with E-state index in [4.69, 9.17) is 9.72 Å². The number of hydrogen-bond donors (Lipinski definition) is 0. The summed E-state index contributed by atoms with van der Waals surface area (Å²) in [7, 11) is 3.61. The average molecular weight is 409 g/mol. The van der Waals surface area contributed by atoms with Crippen molar-refractivity contribution in [1.82, 2.24) is 24.5 Å². The van der Waals surface area contributed by atoms with Crippen LogP contribution in [0.2, 0.25) is 0 Å². The summed E-state index contributed by atoms with van der Waals surface area (Å²) in [4.78, 5) is 21.2. The van der Waals surface area contributed by atoms with E-state index >= 15 is 0 Å². The number of rotatable bonds is 4. The van der Waals surface area contributed by atoms with Crippen molar-refractivity contribution >= 4 is 22.9 Å². The highest BCUT2D eigenvalue weighted by atomic mass is 16.5. The van der Waals surface area contributed by atoms with E-state index in [2.05, 4.69) is 33.0 Å². The molecule has 0 bridgehead atoms. The lowest BCUT2D eigenvalue weighted by atomic mass is 9.92. The summed E-state index contributed by atoms with van der Waals surface area (Å²) >= 11 is 0. The van der Waals surface area contributed by atoms with Crippen molar-refractivity contribution in [3.8, 4) is 11.3 Å². The number of aryl methyl sites for hydroxylation is 1. The fraction of sp³-hybridized carbons (Fsp3) is 0.545. The van der Waals surface area contributed by atoms with Gasteiger partial charge in [-0.3, -0.25) is 9.69 Å². The molecule has 0 N–H and O–H groups in total. The van der Waals surface area contributed by atoms with E-state index < -0.39 is 0 Å². The van der Waals surface area contributed by atoms with Gasteiger partial charge in [0.2, 0.25) is 11.9 Å². The second kappa shape index (κ2) is 7.83. The Morgan fingerprint density at radius 1 is 1.13 bits per heavy atom. The molecule has 3 aromatic rings. The van der Waals surface area contributed by atoms with Crippen LogP contribution in [0.3, 0.4) is 0 Å². The van der Waals surface area contributed by atoms with E-state index in [1.807, 2.05) is 11.9 Å². The molecule has 1 saturated heterocycles. The quantitative estimate of drug-likeness (QED) is 0.660. The minimum absolute atomic E-state index is 0.178. The first-order valence-corrected chi connectivity index (χ1v) is 10.9. The van der Waals surface area contributed by atoms with E-state index in [1.165, 1.54) is 0 Å². The van der Waals surface area contributed by atoms with Crippen molar-refractivity contribution in [2.75, 3.05) is 18.6 Å². The molecule has 2 fully saturated rings. The van der Waals surface area contributed by atoms with Gasteiger partial charge in [0.05, 0.1) is 23.3 Å². The Hall–Kier alpha value is -2.74. The SMILES string of the molecule is COC1CCC(n2c(N3CCCCC3=O)nc3cc(-c4cnn(C)n4)ccc32)CC1. The molecule has 1 saturated carbocycles. The van der Waals surface area contributed by atoms with E-state index in [9.17, 15) is 4.79 Å². The zero-order chi connectivity index (χ0) is 20.7. The maximum absolute atomic E-state index is 12.7. The number of carbonyl (C=O) groups excluding carboxylic acids is 1.